The first-order valence-corrected chi connectivity index (χ1v) is 14.4. The van der Waals surface area contributed by atoms with Crippen molar-refractivity contribution in [2.24, 2.45) is 5.92 Å². The Balaban J connectivity index is 1.50. The highest BCUT2D eigenvalue weighted by atomic mass is 16.5. The minimum atomic E-state index is 0.552. The molecule has 5 nitrogen and oxygen atoms in total. The lowest BCUT2D eigenvalue weighted by atomic mass is 10.0. The van der Waals surface area contributed by atoms with Crippen LogP contribution in [-0.2, 0) is 4.74 Å². The van der Waals surface area contributed by atoms with Crippen molar-refractivity contribution in [1.82, 2.24) is 14.5 Å². The Bertz CT molecular complexity index is 1440. The lowest BCUT2D eigenvalue weighted by molar-refractivity contribution is 0.117. The third-order valence-corrected chi connectivity index (χ3v) is 8.62. The largest absolute Gasteiger partial charge is 0.383 e. The summed E-state index contributed by atoms with van der Waals surface area (Å²) in [4.78, 5) is 10.5. The van der Waals surface area contributed by atoms with Crippen LogP contribution in [0.3, 0.4) is 0 Å². The van der Waals surface area contributed by atoms with Crippen LogP contribution in [0, 0.1) is 33.6 Å². The van der Waals surface area contributed by atoms with Gasteiger partial charge in [0.25, 0.3) is 0 Å². The Morgan fingerprint density at radius 3 is 2.50 bits per heavy atom. The van der Waals surface area contributed by atoms with Crippen molar-refractivity contribution in [3.05, 3.63) is 64.8 Å². The molecule has 1 aliphatic heterocycles. The standard InChI is InChI=1S/C33H42N4O/c1-22-17-23(2)32(24(3)18-22)37-29-11-7-6-10-28(29)31-30(19-25(4)34-33(31)37)36(20-26-12-13-26)16-15-35-14-8-9-27(35)21-38-5/h6-7,10-11,17-19,26-27H,8-9,12-16,20-21H2,1-5H3. The normalized spacial score (nSPS) is 18.2. The fraction of sp³-hybridized carbons (Fsp3) is 0.485. The molecule has 1 unspecified atom stereocenters. The van der Waals surface area contributed by atoms with Gasteiger partial charge >= 0.3 is 0 Å². The van der Waals surface area contributed by atoms with Crippen LogP contribution in [0.1, 0.15) is 48.1 Å². The summed E-state index contributed by atoms with van der Waals surface area (Å²) in [6.45, 7) is 14.1. The summed E-state index contributed by atoms with van der Waals surface area (Å²) < 4.78 is 7.97. The zero-order valence-electron chi connectivity index (χ0n) is 23.8. The summed E-state index contributed by atoms with van der Waals surface area (Å²) >= 11 is 0. The topological polar surface area (TPSA) is 33.5 Å². The van der Waals surface area contributed by atoms with E-state index in [1.54, 1.807) is 0 Å². The van der Waals surface area contributed by atoms with Crippen LogP contribution >= 0.6 is 0 Å². The third kappa shape index (κ3) is 4.71. The van der Waals surface area contributed by atoms with Gasteiger partial charge in [-0.25, -0.2) is 4.98 Å². The van der Waals surface area contributed by atoms with Crippen LogP contribution in [-0.4, -0.2) is 60.4 Å². The number of methoxy groups -OCH3 is 1. The molecule has 0 spiro atoms. The fourth-order valence-electron chi connectivity index (χ4n) is 6.80. The molecule has 2 aliphatic rings. The molecule has 1 saturated heterocycles. The molecule has 2 fully saturated rings. The second-order valence-corrected chi connectivity index (χ2v) is 11.8. The number of anilines is 1. The van der Waals surface area contributed by atoms with Crippen molar-refractivity contribution in [2.45, 2.75) is 59.4 Å². The smallest absolute Gasteiger partial charge is 0.147 e. The third-order valence-electron chi connectivity index (χ3n) is 8.62. The summed E-state index contributed by atoms with van der Waals surface area (Å²) in [6, 6.07) is 16.4. The summed E-state index contributed by atoms with van der Waals surface area (Å²) in [5, 5.41) is 2.59. The van der Waals surface area contributed by atoms with Crippen molar-refractivity contribution in [3.8, 4) is 5.69 Å². The van der Waals surface area contributed by atoms with E-state index in [9.17, 15) is 0 Å². The van der Waals surface area contributed by atoms with Gasteiger partial charge in [-0.2, -0.15) is 0 Å². The van der Waals surface area contributed by atoms with Crippen LogP contribution in [0.15, 0.2) is 42.5 Å². The van der Waals surface area contributed by atoms with Gasteiger partial charge in [0, 0.05) is 43.9 Å². The van der Waals surface area contributed by atoms with E-state index in [4.69, 9.17) is 9.72 Å². The molecule has 2 aromatic carbocycles. The highest BCUT2D eigenvalue weighted by Crippen LogP contribution is 2.40. The fourth-order valence-corrected chi connectivity index (χ4v) is 6.80. The summed E-state index contributed by atoms with van der Waals surface area (Å²) in [5.74, 6) is 0.807. The highest BCUT2D eigenvalue weighted by molar-refractivity contribution is 6.14. The Morgan fingerprint density at radius 1 is 1.00 bits per heavy atom. The van der Waals surface area contributed by atoms with E-state index in [1.807, 2.05) is 7.11 Å². The number of ether oxygens (including phenoxy) is 1. The second-order valence-electron chi connectivity index (χ2n) is 11.8. The number of fused-ring (bicyclic) bond motifs is 3. The number of nitrogens with zero attached hydrogens (tertiary/aromatic N) is 4. The van der Waals surface area contributed by atoms with E-state index in [2.05, 4.69) is 84.5 Å². The Morgan fingerprint density at radius 2 is 1.76 bits per heavy atom. The van der Waals surface area contributed by atoms with Crippen LogP contribution < -0.4 is 4.90 Å². The minimum Gasteiger partial charge on any atom is -0.383 e. The van der Waals surface area contributed by atoms with E-state index < -0.39 is 0 Å². The van der Waals surface area contributed by atoms with Crippen LogP contribution in [0.25, 0.3) is 27.6 Å². The van der Waals surface area contributed by atoms with E-state index in [1.165, 1.54) is 76.6 Å². The zero-order valence-corrected chi connectivity index (χ0v) is 23.8. The minimum absolute atomic E-state index is 0.552. The van der Waals surface area contributed by atoms with Crippen molar-refractivity contribution in [3.63, 3.8) is 0 Å². The SMILES string of the molecule is COCC1CCCN1CCN(CC1CC1)c1cc(C)nc2c1c1ccccc1n2-c1c(C)cc(C)cc1C. The van der Waals surface area contributed by atoms with Gasteiger partial charge < -0.3 is 9.64 Å². The number of rotatable bonds is 9. The van der Waals surface area contributed by atoms with Gasteiger partial charge in [-0.05, 0) is 89.1 Å². The molecule has 5 heteroatoms. The van der Waals surface area contributed by atoms with Gasteiger partial charge in [-0.3, -0.25) is 9.47 Å². The van der Waals surface area contributed by atoms with Gasteiger partial charge in [0.15, 0.2) is 0 Å². The molecule has 6 rings (SSSR count). The predicted octanol–water partition coefficient (Wildman–Crippen LogP) is 6.74. The van der Waals surface area contributed by atoms with E-state index in [0.29, 0.717) is 6.04 Å². The van der Waals surface area contributed by atoms with Crippen LogP contribution in [0.5, 0.6) is 0 Å². The molecule has 38 heavy (non-hydrogen) atoms. The maximum atomic E-state index is 5.55. The molecular formula is C33H42N4O. The van der Waals surface area contributed by atoms with Crippen molar-refractivity contribution in [1.29, 1.82) is 0 Å². The summed E-state index contributed by atoms with van der Waals surface area (Å²) in [7, 11) is 1.83. The Kier molecular flexibility index (Phi) is 6.92. The molecule has 200 valence electrons. The van der Waals surface area contributed by atoms with Crippen LogP contribution in [0.4, 0.5) is 5.69 Å². The molecule has 4 aromatic rings. The average Bonchev–Trinajstić information content (AvgIpc) is 3.50. The maximum Gasteiger partial charge on any atom is 0.147 e. The van der Waals surface area contributed by atoms with Crippen molar-refractivity contribution < 1.29 is 4.74 Å². The molecule has 1 aliphatic carbocycles. The number of likely N-dealkylation sites (tertiary alicyclic amines) is 1. The molecule has 0 amide bonds. The number of hydrogen-bond donors (Lipinski definition) is 0. The Hall–Kier alpha value is -2.89. The van der Waals surface area contributed by atoms with E-state index in [0.717, 1.165) is 43.5 Å². The number of hydrogen-bond acceptors (Lipinski definition) is 4. The lowest BCUT2D eigenvalue weighted by Gasteiger charge is -2.31. The van der Waals surface area contributed by atoms with E-state index in [-0.39, 0.29) is 0 Å². The van der Waals surface area contributed by atoms with Crippen LogP contribution in [0.2, 0.25) is 0 Å². The highest BCUT2D eigenvalue weighted by Gasteiger charge is 2.29. The number of aryl methyl sites for hydroxylation is 4. The first kappa shape index (κ1) is 25.4. The van der Waals surface area contributed by atoms with Crippen molar-refractivity contribution in [2.75, 3.05) is 44.8 Å². The first-order chi connectivity index (χ1) is 18.4. The Labute approximate surface area is 227 Å². The van der Waals surface area contributed by atoms with Gasteiger partial charge in [-0.1, -0.05) is 35.9 Å². The monoisotopic (exact) mass is 510 g/mol. The molecule has 2 aromatic heterocycles. The average molecular weight is 511 g/mol. The molecule has 0 N–H and O–H groups in total. The van der Waals surface area contributed by atoms with Crippen molar-refractivity contribution >= 4 is 27.6 Å². The number of aromatic nitrogens is 2. The quantitative estimate of drug-likeness (QED) is 0.250. The van der Waals surface area contributed by atoms with E-state index >= 15 is 0 Å². The van der Waals surface area contributed by atoms with Gasteiger partial charge in [0.05, 0.1) is 28.9 Å². The number of para-hydroxylation sites is 1. The number of pyridine rings is 1. The lowest BCUT2D eigenvalue weighted by Crippen LogP contribution is -2.40. The second kappa shape index (κ2) is 10.3. The summed E-state index contributed by atoms with van der Waals surface area (Å²) in [5.41, 5.74) is 9.90. The molecule has 0 radical (unpaired) electrons. The molecule has 1 saturated carbocycles. The van der Waals surface area contributed by atoms with Gasteiger partial charge in [0.2, 0.25) is 0 Å². The maximum absolute atomic E-state index is 5.55. The predicted molar refractivity (Wildman–Crippen MR) is 159 cm³/mol. The number of benzene rings is 2. The zero-order chi connectivity index (χ0) is 26.4. The van der Waals surface area contributed by atoms with Gasteiger partial charge in [0.1, 0.15) is 5.65 Å². The summed E-state index contributed by atoms with van der Waals surface area (Å²) in [6.07, 6.45) is 5.22. The molecule has 3 heterocycles. The molecule has 0 bridgehead atoms. The first-order valence-electron chi connectivity index (χ1n) is 14.4. The molecular weight excluding hydrogens is 468 g/mol. The van der Waals surface area contributed by atoms with Gasteiger partial charge in [-0.15, -0.1) is 0 Å². The molecule has 1 atom stereocenters.